The molecule has 3 aromatic rings. The molecule has 0 aliphatic carbocycles. The van der Waals surface area contributed by atoms with Crippen molar-refractivity contribution in [2.24, 2.45) is 14.1 Å². The maximum atomic E-state index is 13.1. The number of carbonyl (C=O) groups excluding carboxylic acids is 1. The average Bonchev–Trinajstić information content (AvgIpc) is 2.68. The van der Waals surface area contributed by atoms with Gasteiger partial charge in [-0.05, 0) is 30.5 Å². The van der Waals surface area contributed by atoms with Crippen LogP contribution in [0.15, 0.2) is 39.9 Å². The summed E-state index contributed by atoms with van der Waals surface area (Å²) >= 11 is 0. The Balaban J connectivity index is 2.01. The summed E-state index contributed by atoms with van der Waals surface area (Å²) in [6.07, 6.45) is -0.0534. The highest BCUT2D eigenvalue weighted by molar-refractivity contribution is 5.82. The predicted molar refractivity (Wildman–Crippen MR) is 104 cm³/mol. The van der Waals surface area contributed by atoms with Crippen molar-refractivity contribution < 1.29 is 14.3 Å². The van der Waals surface area contributed by atoms with Crippen LogP contribution in [-0.2, 0) is 18.9 Å². The Morgan fingerprint density at radius 1 is 1.04 bits per heavy atom. The van der Waals surface area contributed by atoms with Gasteiger partial charge in [0.25, 0.3) is 11.1 Å². The molecule has 0 N–H and O–H groups in total. The lowest BCUT2D eigenvalue weighted by molar-refractivity contribution is -0.135. The van der Waals surface area contributed by atoms with Gasteiger partial charge in [0, 0.05) is 43.4 Å². The summed E-state index contributed by atoms with van der Waals surface area (Å²) in [6, 6.07) is 8.86. The number of esters is 1. The molecule has 0 amide bonds. The Hall–Kier alpha value is -3.35. The van der Waals surface area contributed by atoms with Crippen molar-refractivity contribution in [3.05, 3.63) is 67.9 Å². The quantitative estimate of drug-likeness (QED) is 0.636. The van der Waals surface area contributed by atoms with Crippen LogP contribution in [0.4, 0.5) is 0 Å². The maximum Gasteiger partial charge on any atom is 0.312 e. The Kier molecular flexibility index (Phi) is 4.10. The molecule has 7 heteroatoms. The number of rotatable bonds is 2. The maximum absolute atomic E-state index is 13.1. The van der Waals surface area contributed by atoms with Gasteiger partial charge in [-0.2, -0.15) is 0 Å². The molecule has 1 atom stereocenters. The van der Waals surface area contributed by atoms with Crippen molar-refractivity contribution in [2.75, 3.05) is 7.11 Å². The minimum Gasteiger partial charge on any atom is -0.497 e. The van der Waals surface area contributed by atoms with Crippen LogP contribution >= 0.6 is 0 Å². The second-order valence-corrected chi connectivity index (χ2v) is 7.05. The van der Waals surface area contributed by atoms with Crippen LogP contribution in [0.25, 0.3) is 10.9 Å². The number of hydrogen-bond acceptors (Lipinski definition) is 5. The van der Waals surface area contributed by atoms with Gasteiger partial charge >= 0.3 is 5.97 Å². The van der Waals surface area contributed by atoms with E-state index in [1.54, 1.807) is 46.3 Å². The van der Waals surface area contributed by atoms with E-state index >= 15 is 0 Å². The molecule has 0 spiro atoms. The van der Waals surface area contributed by atoms with Gasteiger partial charge in [0.15, 0.2) is 0 Å². The molecule has 1 aliphatic rings. The summed E-state index contributed by atoms with van der Waals surface area (Å²) < 4.78 is 13.6. The van der Waals surface area contributed by atoms with E-state index in [1.807, 2.05) is 12.1 Å². The topological polar surface area (TPSA) is 79.5 Å². The van der Waals surface area contributed by atoms with Crippen LogP contribution in [0.2, 0.25) is 0 Å². The van der Waals surface area contributed by atoms with Gasteiger partial charge in [0.05, 0.1) is 24.6 Å². The lowest BCUT2D eigenvalue weighted by Gasteiger charge is -2.25. The molecule has 144 valence electrons. The summed E-state index contributed by atoms with van der Waals surface area (Å²) in [5, 5.41) is 0.822. The van der Waals surface area contributed by atoms with Crippen molar-refractivity contribution >= 4 is 16.9 Å². The zero-order valence-electron chi connectivity index (χ0n) is 16.1. The molecular formula is C21H20N2O5. The largest absolute Gasteiger partial charge is 0.497 e. The third kappa shape index (κ3) is 2.62. The van der Waals surface area contributed by atoms with E-state index in [1.165, 1.54) is 9.13 Å². The Morgan fingerprint density at radius 2 is 1.79 bits per heavy atom. The Labute approximate surface area is 160 Å². The highest BCUT2D eigenvalue weighted by Crippen LogP contribution is 2.36. The fraction of sp³-hybridized carbons (Fsp3) is 0.286. The van der Waals surface area contributed by atoms with E-state index in [4.69, 9.17) is 9.47 Å². The Bertz CT molecular complexity index is 1250. The van der Waals surface area contributed by atoms with E-state index in [-0.39, 0.29) is 23.3 Å². The molecule has 1 aliphatic heterocycles. The van der Waals surface area contributed by atoms with Crippen molar-refractivity contribution in [1.29, 1.82) is 0 Å². The molecule has 0 bridgehead atoms. The van der Waals surface area contributed by atoms with Crippen LogP contribution in [0.5, 0.6) is 11.5 Å². The van der Waals surface area contributed by atoms with Crippen LogP contribution in [0.3, 0.4) is 0 Å². The number of methoxy groups -OCH3 is 1. The standard InChI is InChI=1S/C21H20N2O5/c1-11-7-17-19(21(26)22(11)2)14(10-18(24)28-17)15-8-12-5-6-13(27-4)9-16(12)23(3)20(15)25/h5-9,14H,10H2,1-4H3/t14-/m1/s1. The van der Waals surface area contributed by atoms with Crippen LogP contribution in [0, 0.1) is 6.92 Å². The van der Waals surface area contributed by atoms with Crippen LogP contribution in [-0.4, -0.2) is 22.2 Å². The Morgan fingerprint density at radius 3 is 2.50 bits per heavy atom. The number of ether oxygens (including phenoxy) is 2. The molecule has 0 fully saturated rings. The number of aryl methyl sites for hydroxylation is 2. The first kappa shape index (κ1) is 18.0. The third-order valence-electron chi connectivity index (χ3n) is 5.45. The van der Waals surface area contributed by atoms with E-state index in [9.17, 15) is 14.4 Å². The minimum atomic E-state index is -0.652. The third-order valence-corrected chi connectivity index (χ3v) is 5.45. The smallest absolute Gasteiger partial charge is 0.312 e. The number of pyridine rings is 2. The number of benzene rings is 1. The summed E-state index contributed by atoms with van der Waals surface area (Å²) in [5.74, 6) is -0.229. The minimum absolute atomic E-state index is 0.0534. The second kappa shape index (κ2) is 6.37. The van der Waals surface area contributed by atoms with Crippen molar-refractivity contribution in [3.63, 3.8) is 0 Å². The zero-order chi connectivity index (χ0) is 20.2. The molecule has 0 saturated heterocycles. The fourth-order valence-electron chi connectivity index (χ4n) is 3.76. The molecule has 0 radical (unpaired) electrons. The SMILES string of the molecule is COc1ccc2cc([C@H]3CC(=O)Oc4cc(C)n(C)c(=O)c43)c(=O)n(C)c2c1. The molecule has 0 unspecified atom stereocenters. The van der Waals surface area contributed by atoms with E-state index in [2.05, 4.69) is 0 Å². The molecule has 7 nitrogen and oxygen atoms in total. The lowest BCUT2D eigenvalue weighted by atomic mass is 9.87. The van der Waals surface area contributed by atoms with Crippen molar-refractivity contribution in [2.45, 2.75) is 19.3 Å². The molecule has 28 heavy (non-hydrogen) atoms. The first-order valence-corrected chi connectivity index (χ1v) is 8.90. The van der Waals surface area contributed by atoms with Gasteiger partial charge in [-0.3, -0.25) is 14.4 Å². The van der Waals surface area contributed by atoms with Gasteiger partial charge in [0.2, 0.25) is 0 Å². The van der Waals surface area contributed by atoms with Gasteiger partial charge < -0.3 is 18.6 Å². The number of nitrogens with zero attached hydrogens (tertiary/aromatic N) is 2. The zero-order valence-corrected chi connectivity index (χ0v) is 16.1. The fourth-order valence-corrected chi connectivity index (χ4v) is 3.76. The van der Waals surface area contributed by atoms with Gasteiger partial charge in [-0.15, -0.1) is 0 Å². The average molecular weight is 380 g/mol. The molecule has 1 aromatic carbocycles. The van der Waals surface area contributed by atoms with E-state index in [0.717, 1.165) is 5.39 Å². The van der Waals surface area contributed by atoms with E-state index < -0.39 is 11.9 Å². The number of hydrogen-bond donors (Lipinski definition) is 0. The van der Waals surface area contributed by atoms with Gasteiger partial charge in [-0.1, -0.05) is 0 Å². The number of carbonyl (C=O) groups is 1. The number of fused-ring (bicyclic) bond motifs is 2. The predicted octanol–water partition coefficient (Wildman–Crippen LogP) is 2.00. The molecule has 3 heterocycles. The first-order valence-electron chi connectivity index (χ1n) is 8.90. The highest BCUT2D eigenvalue weighted by Gasteiger charge is 2.34. The molecule has 4 rings (SSSR count). The van der Waals surface area contributed by atoms with Crippen molar-refractivity contribution in [1.82, 2.24) is 9.13 Å². The monoisotopic (exact) mass is 380 g/mol. The van der Waals surface area contributed by atoms with Crippen LogP contribution in [0.1, 0.15) is 29.2 Å². The molecule has 2 aromatic heterocycles. The van der Waals surface area contributed by atoms with Gasteiger partial charge in [0.1, 0.15) is 11.5 Å². The summed E-state index contributed by atoms with van der Waals surface area (Å²) in [6.45, 7) is 1.77. The second-order valence-electron chi connectivity index (χ2n) is 7.05. The summed E-state index contributed by atoms with van der Waals surface area (Å²) in [5.41, 5.74) is 1.62. The van der Waals surface area contributed by atoms with E-state index in [0.29, 0.717) is 28.1 Å². The number of aromatic nitrogens is 2. The van der Waals surface area contributed by atoms with Crippen LogP contribution < -0.4 is 20.6 Å². The molecule has 0 saturated carbocycles. The summed E-state index contributed by atoms with van der Waals surface area (Å²) in [7, 11) is 4.90. The molecular weight excluding hydrogens is 360 g/mol. The summed E-state index contributed by atoms with van der Waals surface area (Å²) in [4.78, 5) is 38.2. The lowest BCUT2D eigenvalue weighted by Crippen LogP contribution is -2.35. The highest BCUT2D eigenvalue weighted by atomic mass is 16.5. The first-order chi connectivity index (χ1) is 13.3. The normalized spacial score (nSPS) is 16.0. The van der Waals surface area contributed by atoms with Crippen molar-refractivity contribution in [3.8, 4) is 11.5 Å². The van der Waals surface area contributed by atoms with Gasteiger partial charge in [-0.25, -0.2) is 0 Å².